The van der Waals surface area contributed by atoms with Crippen molar-refractivity contribution in [1.82, 2.24) is 4.98 Å². The molecule has 7 heteroatoms. The number of amides is 1. The number of nitrogen functional groups attached to an aromatic ring is 1. The molecule has 0 spiro atoms. The van der Waals surface area contributed by atoms with Crippen molar-refractivity contribution in [2.24, 2.45) is 0 Å². The minimum absolute atomic E-state index is 0.304. The monoisotopic (exact) mass is 355 g/mol. The predicted molar refractivity (Wildman–Crippen MR) is 99.1 cm³/mol. The first-order valence-corrected chi connectivity index (χ1v) is 8.55. The summed E-state index contributed by atoms with van der Waals surface area (Å²) in [5, 5.41) is 3.56. The minimum Gasteiger partial charge on any atom is -0.462 e. The van der Waals surface area contributed by atoms with Crippen molar-refractivity contribution in [1.29, 1.82) is 0 Å². The Labute approximate surface area is 148 Å². The molecule has 0 aliphatic rings. The SMILES string of the molecule is CCOC(=O)c1ccc(NC(=O)c2sc3nc(C)ccc3c2N)cc1. The molecule has 0 bridgehead atoms. The Kier molecular flexibility index (Phi) is 4.67. The fourth-order valence-corrected chi connectivity index (χ4v) is 3.38. The maximum atomic E-state index is 12.5. The molecule has 0 aliphatic carbocycles. The molecule has 3 aromatic rings. The van der Waals surface area contributed by atoms with Gasteiger partial charge in [0.1, 0.15) is 9.71 Å². The zero-order valence-corrected chi connectivity index (χ0v) is 14.6. The van der Waals surface area contributed by atoms with Gasteiger partial charge in [0.15, 0.2) is 0 Å². The van der Waals surface area contributed by atoms with Gasteiger partial charge in [-0.25, -0.2) is 9.78 Å². The van der Waals surface area contributed by atoms with Crippen molar-refractivity contribution in [3.8, 4) is 0 Å². The average molecular weight is 355 g/mol. The largest absolute Gasteiger partial charge is 0.462 e. The lowest BCUT2D eigenvalue weighted by molar-refractivity contribution is 0.0526. The number of nitrogens with one attached hydrogen (secondary N) is 1. The molecule has 0 saturated carbocycles. The highest BCUT2D eigenvalue weighted by Gasteiger charge is 2.17. The first-order valence-electron chi connectivity index (χ1n) is 7.73. The summed E-state index contributed by atoms with van der Waals surface area (Å²) in [6.07, 6.45) is 0. The van der Waals surface area contributed by atoms with Crippen LogP contribution in [-0.4, -0.2) is 23.5 Å². The highest BCUT2D eigenvalue weighted by atomic mass is 32.1. The Balaban J connectivity index is 1.80. The number of nitrogens with two attached hydrogens (primary N) is 1. The standard InChI is InChI=1S/C18H17N3O3S/c1-3-24-18(23)11-5-7-12(8-6-11)21-16(22)15-14(19)13-9-4-10(2)20-17(13)25-15/h4-9H,3,19H2,1-2H3,(H,21,22). The predicted octanol–water partition coefficient (Wildman–Crippen LogP) is 3.62. The van der Waals surface area contributed by atoms with Crippen molar-refractivity contribution in [3.05, 3.63) is 52.5 Å². The maximum Gasteiger partial charge on any atom is 0.338 e. The highest BCUT2D eigenvalue weighted by Crippen LogP contribution is 2.33. The summed E-state index contributed by atoms with van der Waals surface area (Å²) in [6.45, 7) is 3.95. The van der Waals surface area contributed by atoms with Crippen LogP contribution >= 0.6 is 11.3 Å². The lowest BCUT2D eigenvalue weighted by Crippen LogP contribution is -2.12. The van der Waals surface area contributed by atoms with E-state index in [9.17, 15) is 9.59 Å². The minimum atomic E-state index is -0.393. The number of pyridine rings is 1. The lowest BCUT2D eigenvalue weighted by Gasteiger charge is -2.06. The molecule has 2 aromatic heterocycles. The van der Waals surface area contributed by atoms with E-state index in [0.29, 0.717) is 28.4 Å². The Morgan fingerprint density at radius 1 is 1.20 bits per heavy atom. The van der Waals surface area contributed by atoms with Crippen molar-refractivity contribution < 1.29 is 14.3 Å². The van der Waals surface area contributed by atoms with Gasteiger partial charge in [-0.3, -0.25) is 4.79 Å². The van der Waals surface area contributed by atoms with E-state index >= 15 is 0 Å². The Hall–Kier alpha value is -2.93. The third-order valence-corrected chi connectivity index (χ3v) is 4.71. The Morgan fingerprint density at radius 3 is 2.60 bits per heavy atom. The van der Waals surface area contributed by atoms with Gasteiger partial charge in [-0.05, 0) is 50.2 Å². The van der Waals surface area contributed by atoms with Gasteiger partial charge >= 0.3 is 5.97 Å². The van der Waals surface area contributed by atoms with E-state index in [1.165, 1.54) is 11.3 Å². The first kappa shape index (κ1) is 16.9. The van der Waals surface area contributed by atoms with E-state index in [1.54, 1.807) is 31.2 Å². The van der Waals surface area contributed by atoms with Crippen molar-refractivity contribution in [2.75, 3.05) is 17.7 Å². The van der Waals surface area contributed by atoms with Gasteiger partial charge in [0.05, 0.1) is 17.9 Å². The van der Waals surface area contributed by atoms with E-state index in [-0.39, 0.29) is 5.91 Å². The van der Waals surface area contributed by atoms with Crippen LogP contribution in [0.25, 0.3) is 10.2 Å². The van der Waals surface area contributed by atoms with E-state index in [1.807, 2.05) is 19.1 Å². The molecule has 128 valence electrons. The fraction of sp³-hybridized carbons (Fsp3) is 0.167. The summed E-state index contributed by atoms with van der Waals surface area (Å²) < 4.78 is 4.93. The second kappa shape index (κ2) is 6.90. The van der Waals surface area contributed by atoms with Gasteiger partial charge < -0.3 is 15.8 Å². The number of ether oxygens (including phenoxy) is 1. The lowest BCUT2D eigenvalue weighted by atomic mass is 10.2. The van der Waals surface area contributed by atoms with Crippen LogP contribution in [0.3, 0.4) is 0 Å². The van der Waals surface area contributed by atoms with Crippen LogP contribution in [0.15, 0.2) is 36.4 Å². The fourth-order valence-electron chi connectivity index (χ4n) is 2.35. The summed E-state index contributed by atoms with van der Waals surface area (Å²) in [7, 11) is 0. The number of hydrogen-bond donors (Lipinski definition) is 2. The van der Waals surface area contributed by atoms with E-state index in [4.69, 9.17) is 10.5 Å². The number of esters is 1. The number of hydrogen-bond acceptors (Lipinski definition) is 6. The molecule has 0 atom stereocenters. The van der Waals surface area contributed by atoms with Crippen molar-refractivity contribution in [2.45, 2.75) is 13.8 Å². The van der Waals surface area contributed by atoms with Gasteiger partial charge in [-0.1, -0.05) is 0 Å². The van der Waals surface area contributed by atoms with Gasteiger partial charge in [-0.15, -0.1) is 11.3 Å². The van der Waals surface area contributed by atoms with Crippen LogP contribution < -0.4 is 11.1 Å². The van der Waals surface area contributed by atoms with E-state index in [2.05, 4.69) is 10.3 Å². The summed E-state index contributed by atoms with van der Waals surface area (Å²) in [5.74, 6) is -0.697. The van der Waals surface area contributed by atoms with Gasteiger partial charge in [0, 0.05) is 16.8 Å². The maximum absolute atomic E-state index is 12.5. The van der Waals surface area contributed by atoms with Crippen molar-refractivity contribution >= 4 is 44.8 Å². The number of thiophene rings is 1. The van der Waals surface area contributed by atoms with Crippen LogP contribution in [0, 0.1) is 6.92 Å². The number of carbonyl (C=O) groups excluding carboxylic acids is 2. The Bertz CT molecular complexity index is 948. The first-order chi connectivity index (χ1) is 12.0. The van der Waals surface area contributed by atoms with Crippen LogP contribution in [0.2, 0.25) is 0 Å². The molecular formula is C18H17N3O3S. The zero-order valence-electron chi connectivity index (χ0n) is 13.8. The molecule has 0 radical (unpaired) electrons. The highest BCUT2D eigenvalue weighted by molar-refractivity contribution is 7.21. The molecule has 2 heterocycles. The molecular weight excluding hydrogens is 338 g/mol. The summed E-state index contributed by atoms with van der Waals surface area (Å²) >= 11 is 1.26. The van der Waals surface area contributed by atoms with Gasteiger partial charge in [0.2, 0.25) is 0 Å². The Morgan fingerprint density at radius 2 is 1.92 bits per heavy atom. The second-order valence-corrected chi connectivity index (χ2v) is 6.40. The second-order valence-electron chi connectivity index (χ2n) is 5.40. The summed E-state index contributed by atoms with van der Waals surface area (Å²) in [6, 6.07) is 10.2. The molecule has 1 amide bonds. The quantitative estimate of drug-likeness (QED) is 0.697. The number of anilines is 2. The molecule has 6 nitrogen and oxygen atoms in total. The van der Waals surface area contributed by atoms with Gasteiger partial charge in [0.25, 0.3) is 5.91 Å². The van der Waals surface area contributed by atoms with Gasteiger partial charge in [-0.2, -0.15) is 0 Å². The topological polar surface area (TPSA) is 94.3 Å². The number of fused-ring (bicyclic) bond motifs is 1. The molecule has 3 rings (SSSR count). The zero-order chi connectivity index (χ0) is 18.0. The average Bonchev–Trinajstić information content (AvgIpc) is 2.92. The molecule has 1 aromatic carbocycles. The summed E-state index contributed by atoms with van der Waals surface area (Å²) in [4.78, 5) is 29.7. The number of nitrogens with zero attached hydrogens (tertiary/aromatic N) is 1. The molecule has 3 N–H and O–H groups in total. The molecule has 0 unspecified atom stereocenters. The molecule has 25 heavy (non-hydrogen) atoms. The number of benzene rings is 1. The van der Waals surface area contributed by atoms with Crippen molar-refractivity contribution in [3.63, 3.8) is 0 Å². The third kappa shape index (κ3) is 3.46. The third-order valence-electron chi connectivity index (χ3n) is 3.59. The molecule has 0 aliphatic heterocycles. The van der Waals surface area contributed by atoms with Crippen LogP contribution in [0.1, 0.15) is 32.6 Å². The van der Waals surface area contributed by atoms with Crippen LogP contribution in [0.5, 0.6) is 0 Å². The van der Waals surface area contributed by atoms with E-state index in [0.717, 1.165) is 15.9 Å². The molecule has 0 fully saturated rings. The van der Waals surface area contributed by atoms with E-state index < -0.39 is 5.97 Å². The number of aryl methyl sites for hydroxylation is 1. The number of aromatic nitrogens is 1. The van der Waals surface area contributed by atoms with Crippen LogP contribution in [0.4, 0.5) is 11.4 Å². The number of carbonyl (C=O) groups is 2. The normalized spacial score (nSPS) is 10.6. The summed E-state index contributed by atoms with van der Waals surface area (Å²) in [5.41, 5.74) is 8.38. The molecule has 0 saturated heterocycles. The smallest absolute Gasteiger partial charge is 0.338 e. The van der Waals surface area contributed by atoms with Crippen LogP contribution in [-0.2, 0) is 4.74 Å². The number of rotatable bonds is 4.